The number of benzene rings is 3. The van der Waals surface area contributed by atoms with E-state index in [0.717, 1.165) is 21.2 Å². The molecular weight excluding hydrogens is 486 g/mol. The quantitative estimate of drug-likeness (QED) is 0.319. The van der Waals surface area contributed by atoms with Crippen molar-refractivity contribution in [2.75, 3.05) is 17.5 Å². The van der Waals surface area contributed by atoms with Gasteiger partial charge in [0.2, 0.25) is 0 Å². The lowest BCUT2D eigenvalue weighted by Crippen LogP contribution is -2.40. The van der Waals surface area contributed by atoms with Crippen molar-refractivity contribution in [2.45, 2.75) is 32.6 Å². The molecule has 3 aromatic rings. The van der Waals surface area contributed by atoms with Gasteiger partial charge in [0.1, 0.15) is 12.3 Å². The van der Waals surface area contributed by atoms with Crippen molar-refractivity contribution in [3.8, 4) is 5.75 Å². The number of hydrazone groups is 1. The molecule has 0 aromatic heterocycles. The molecule has 0 saturated heterocycles. The molecule has 1 N–H and O–H groups in total. The van der Waals surface area contributed by atoms with Crippen molar-refractivity contribution in [2.24, 2.45) is 5.10 Å². The lowest BCUT2D eigenvalue weighted by atomic mass is 10.1. The fourth-order valence-corrected chi connectivity index (χ4v) is 4.97. The fourth-order valence-electron chi connectivity index (χ4n) is 3.32. The van der Waals surface area contributed by atoms with E-state index in [2.05, 4.69) is 10.5 Å². The number of nitrogens with zero attached hydrogens (tertiary/aromatic N) is 2. The molecule has 35 heavy (non-hydrogen) atoms. The van der Waals surface area contributed by atoms with Gasteiger partial charge in [-0.1, -0.05) is 35.4 Å². The minimum Gasteiger partial charge on any atom is -0.494 e. The summed E-state index contributed by atoms with van der Waals surface area (Å²) in [5.74, 6) is 0.146. The molecule has 0 aliphatic heterocycles. The summed E-state index contributed by atoms with van der Waals surface area (Å²) in [5, 5.41) is 4.51. The normalized spacial score (nSPS) is 11.7. The Hall–Kier alpha value is -3.36. The lowest BCUT2D eigenvalue weighted by Gasteiger charge is -2.25. The van der Waals surface area contributed by atoms with Gasteiger partial charge in [-0.3, -0.25) is 9.10 Å². The van der Waals surface area contributed by atoms with E-state index in [1.807, 2.05) is 38.1 Å². The van der Waals surface area contributed by atoms with Crippen LogP contribution < -0.4 is 14.5 Å². The predicted molar refractivity (Wildman–Crippen MR) is 140 cm³/mol. The SMILES string of the molecule is CCOc1ccc(/C(C)=N\NC(=O)CN(c2cc(Cl)ccc2C)S(=O)(=O)c2ccc(C)cc2)cc1. The summed E-state index contributed by atoms with van der Waals surface area (Å²) in [6, 6.07) is 18.7. The van der Waals surface area contributed by atoms with E-state index in [4.69, 9.17) is 16.3 Å². The van der Waals surface area contributed by atoms with Gasteiger partial charge in [0.25, 0.3) is 15.9 Å². The molecule has 0 unspecified atom stereocenters. The highest BCUT2D eigenvalue weighted by molar-refractivity contribution is 7.92. The molecule has 0 bridgehead atoms. The Morgan fingerprint density at radius 1 is 1.03 bits per heavy atom. The van der Waals surface area contributed by atoms with Crippen molar-refractivity contribution in [1.82, 2.24) is 5.43 Å². The molecule has 3 aromatic carbocycles. The van der Waals surface area contributed by atoms with Crippen LogP contribution in [0.5, 0.6) is 5.75 Å². The topological polar surface area (TPSA) is 88.1 Å². The summed E-state index contributed by atoms with van der Waals surface area (Å²) in [4.78, 5) is 12.9. The molecule has 0 aliphatic rings. The average molecular weight is 514 g/mol. The molecule has 3 rings (SSSR count). The number of ether oxygens (including phenoxy) is 1. The average Bonchev–Trinajstić information content (AvgIpc) is 2.83. The van der Waals surface area contributed by atoms with E-state index in [0.29, 0.717) is 28.6 Å². The summed E-state index contributed by atoms with van der Waals surface area (Å²) >= 11 is 6.16. The molecule has 0 spiro atoms. The molecule has 0 radical (unpaired) electrons. The number of hydrogen-bond acceptors (Lipinski definition) is 5. The third-order valence-corrected chi connectivity index (χ3v) is 7.28. The van der Waals surface area contributed by atoms with E-state index in [1.54, 1.807) is 38.1 Å². The van der Waals surface area contributed by atoms with Crippen LogP contribution in [-0.2, 0) is 14.8 Å². The standard InChI is InChI=1S/C26H28ClN3O4S/c1-5-34-23-12-9-21(10-13-23)20(4)28-29-26(31)17-30(25-16-22(27)11-8-19(25)3)35(32,33)24-14-6-18(2)7-15-24/h6-16H,5,17H2,1-4H3,(H,29,31)/b28-20-. The second-order valence-corrected chi connectivity index (χ2v) is 10.2. The number of aryl methyl sites for hydroxylation is 2. The molecule has 7 nitrogen and oxygen atoms in total. The number of nitrogens with one attached hydrogen (secondary N) is 1. The smallest absolute Gasteiger partial charge is 0.264 e. The zero-order chi connectivity index (χ0) is 25.6. The first kappa shape index (κ1) is 26.2. The maximum atomic E-state index is 13.5. The van der Waals surface area contributed by atoms with Crippen LogP contribution in [-0.4, -0.2) is 33.2 Å². The van der Waals surface area contributed by atoms with E-state index in [1.165, 1.54) is 18.2 Å². The van der Waals surface area contributed by atoms with Gasteiger partial charge in [-0.2, -0.15) is 5.10 Å². The Kier molecular flexibility index (Phi) is 8.53. The second-order valence-electron chi connectivity index (χ2n) is 7.95. The molecule has 0 atom stereocenters. The minimum absolute atomic E-state index is 0.0735. The Bertz CT molecular complexity index is 1320. The molecule has 0 aliphatic carbocycles. The van der Waals surface area contributed by atoms with Crippen LogP contribution >= 0.6 is 11.6 Å². The number of halogens is 1. The Morgan fingerprint density at radius 2 is 1.69 bits per heavy atom. The molecular formula is C26H28ClN3O4S. The molecule has 9 heteroatoms. The highest BCUT2D eigenvalue weighted by atomic mass is 35.5. The number of hydrogen-bond donors (Lipinski definition) is 1. The predicted octanol–water partition coefficient (Wildman–Crippen LogP) is 5.09. The molecule has 0 saturated carbocycles. The van der Waals surface area contributed by atoms with Crippen LogP contribution in [0, 0.1) is 13.8 Å². The first-order valence-electron chi connectivity index (χ1n) is 11.0. The lowest BCUT2D eigenvalue weighted by molar-refractivity contribution is -0.119. The summed E-state index contributed by atoms with van der Waals surface area (Å²) in [6.07, 6.45) is 0. The Balaban J connectivity index is 1.87. The summed E-state index contributed by atoms with van der Waals surface area (Å²) < 4.78 is 33.6. The zero-order valence-electron chi connectivity index (χ0n) is 20.1. The van der Waals surface area contributed by atoms with Gasteiger partial charge in [-0.25, -0.2) is 13.8 Å². The highest BCUT2D eigenvalue weighted by Crippen LogP contribution is 2.29. The van der Waals surface area contributed by atoms with Gasteiger partial charge in [0.05, 0.1) is 22.9 Å². The van der Waals surface area contributed by atoms with Crippen molar-refractivity contribution in [1.29, 1.82) is 0 Å². The van der Waals surface area contributed by atoms with Crippen molar-refractivity contribution < 1.29 is 17.9 Å². The third kappa shape index (κ3) is 6.61. The molecule has 184 valence electrons. The zero-order valence-corrected chi connectivity index (χ0v) is 21.7. The maximum Gasteiger partial charge on any atom is 0.264 e. The minimum atomic E-state index is -4.05. The van der Waals surface area contributed by atoms with E-state index in [9.17, 15) is 13.2 Å². The molecule has 1 amide bonds. The third-order valence-electron chi connectivity index (χ3n) is 5.27. The highest BCUT2D eigenvalue weighted by Gasteiger charge is 2.28. The van der Waals surface area contributed by atoms with Crippen LogP contribution in [0.25, 0.3) is 0 Å². The van der Waals surface area contributed by atoms with Gasteiger partial charge < -0.3 is 4.74 Å². The maximum absolute atomic E-state index is 13.5. The van der Waals surface area contributed by atoms with Crippen LogP contribution in [0.1, 0.15) is 30.5 Å². The second kappa shape index (κ2) is 11.4. The number of sulfonamides is 1. The van der Waals surface area contributed by atoms with Gasteiger partial charge in [0.15, 0.2) is 0 Å². The van der Waals surface area contributed by atoms with Gasteiger partial charge in [-0.05, 0) is 87.4 Å². The van der Waals surface area contributed by atoms with E-state index >= 15 is 0 Å². The molecule has 0 heterocycles. The van der Waals surface area contributed by atoms with Crippen LogP contribution in [0.4, 0.5) is 5.69 Å². The Morgan fingerprint density at radius 3 is 2.31 bits per heavy atom. The van der Waals surface area contributed by atoms with Crippen LogP contribution in [0.2, 0.25) is 5.02 Å². The first-order valence-corrected chi connectivity index (χ1v) is 12.9. The van der Waals surface area contributed by atoms with Crippen molar-refractivity contribution in [3.63, 3.8) is 0 Å². The van der Waals surface area contributed by atoms with E-state index in [-0.39, 0.29) is 4.90 Å². The van der Waals surface area contributed by atoms with Gasteiger partial charge >= 0.3 is 0 Å². The van der Waals surface area contributed by atoms with Crippen molar-refractivity contribution >= 4 is 38.9 Å². The summed E-state index contributed by atoms with van der Waals surface area (Å²) in [6.45, 7) is 7.37. The monoisotopic (exact) mass is 513 g/mol. The van der Waals surface area contributed by atoms with Crippen molar-refractivity contribution in [3.05, 3.63) is 88.4 Å². The summed E-state index contributed by atoms with van der Waals surface area (Å²) in [7, 11) is -4.05. The fraction of sp³-hybridized carbons (Fsp3) is 0.231. The van der Waals surface area contributed by atoms with Crippen LogP contribution in [0.3, 0.4) is 0 Å². The first-order chi connectivity index (χ1) is 16.6. The van der Waals surface area contributed by atoms with Gasteiger partial charge in [-0.15, -0.1) is 0 Å². The largest absolute Gasteiger partial charge is 0.494 e. The molecule has 0 fully saturated rings. The number of amides is 1. The number of rotatable bonds is 9. The van der Waals surface area contributed by atoms with E-state index < -0.39 is 22.5 Å². The van der Waals surface area contributed by atoms with Crippen LogP contribution in [0.15, 0.2) is 76.7 Å². The number of anilines is 1. The Labute approximate surface area is 211 Å². The number of carbonyl (C=O) groups is 1. The number of carbonyl (C=O) groups excluding carboxylic acids is 1. The van der Waals surface area contributed by atoms with Gasteiger partial charge in [0, 0.05) is 5.02 Å². The summed E-state index contributed by atoms with van der Waals surface area (Å²) in [5.41, 5.74) is 5.73.